The molecule has 0 radical (unpaired) electrons. The third-order valence-electron chi connectivity index (χ3n) is 1.26. The van der Waals surface area contributed by atoms with E-state index in [1.807, 2.05) is 6.92 Å². The van der Waals surface area contributed by atoms with Crippen LogP contribution in [-0.2, 0) is 13.7 Å². The highest BCUT2D eigenvalue weighted by Crippen LogP contribution is 2.21. The minimum Gasteiger partial charge on any atom is -0.329 e. The summed E-state index contributed by atoms with van der Waals surface area (Å²) in [5.41, 5.74) is 7.81. The summed E-state index contributed by atoms with van der Waals surface area (Å²) in [4.78, 5) is 0. The maximum Gasteiger partial charge on any atom is 0.716 e. The molecular weight excluding hydrogens is 205 g/mol. The van der Waals surface area contributed by atoms with E-state index in [4.69, 9.17) is 14.9 Å². The predicted octanol–water partition coefficient (Wildman–Crippen LogP) is 0.140. The Morgan fingerprint density at radius 1 is 1.36 bits per heavy atom. The molecular formula is C7H19N3O3P+. The summed E-state index contributed by atoms with van der Waals surface area (Å²) in [6, 6.07) is 0. The lowest BCUT2D eigenvalue weighted by molar-refractivity contribution is 0.157. The van der Waals surface area contributed by atoms with E-state index in [9.17, 15) is 4.57 Å². The maximum absolute atomic E-state index is 10.9. The van der Waals surface area contributed by atoms with Crippen LogP contribution < -0.4 is 16.5 Å². The van der Waals surface area contributed by atoms with Crippen molar-refractivity contribution in [2.45, 2.75) is 13.3 Å². The molecule has 0 aliphatic rings. The molecule has 7 heteroatoms. The number of hydrogen-bond acceptors (Lipinski definition) is 6. The van der Waals surface area contributed by atoms with Crippen LogP contribution in [0.4, 0.5) is 0 Å². The van der Waals surface area contributed by atoms with Gasteiger partial charge in [0.2, 0.25) is 0 Å². The first kappa shape index (κ1) is 13.9. The maximum atomic E-state index is 10.9. The molecule has 0 aliphatic carbocycles. The molecule has 0 spiro atoms. The lowest BCUT2D eigenvalue weighted by atomic mass is 10.5. The van der Waals surface area contributed by atoms with Gasteiger partial charge in [0.15, 0.2) is 0 Å². The normalized spacial score (nSPS) is 11.7. The van der Waals surface area contributed by atoms with E-state index in [1.165, 1.54) is 0 Å². The molecule has 0 saturated carbocycles. The quantitative estimate of drug-likeness (QED) is 0.278. The van der Waals surface area contributed by atoms with Crippen LogP contribution in [0.1, 0.15) is 13.3 Å². The fourth-order valence-corrected chi connectivity index (χ4v) is 1.24. The van der Waals surface area contributed by atoms with Crippen LogP contribution >= 0.6 is 8.25 Å². The average Bonchev–Trinajstić information content (AvgIpc) is 2.20. The number of hydrogen-bond donors (Lipinski definition) is 3. The zero-order chi connectivity index (χ0) is 10.6. The number of rotatable bonds is 10. The van der Waals surface area contributed by atoms with Gasteiger partial charge in [-0.3, -0.25) is 0 Å². The third kappa shape index (κ3) is 9.98. The average molecular weight is 224 g/mol. The SMILES string of the molecule is CCCO[P+](=O)ONCCNCCN. The molecule has 84 valence electrons. The van der Waals surface area contributed by atoms with Crippen molar-refractivity contribution in [1.82, 2.24) is 10.8 Å². The van der Waals surface area contributed by atoms with Gasteiger partial charge >= 0.3 is 8.25 Å². The molecule has 0 amide bonds. The Labute approximate surface area is 85.4 Å². The van der Waals surface area contributed by atoms with Crippen molar-refractivity contribution in [3.8, 4) is 0 Å². The Morgan fingerprint density at radius 2 is 2.14 bits per heavy atom. The number of nitrogens with two attached hydrogens (primary N) is 1. The van der Waals surface area contributed by atoms with Crippen LogP contribution in [0.2, 0.25) is 0 Å². The minimum absolute atomic E-state index is 0.447. The Morgan fingerprint density at radius 3 is 2.79 bits per heavy atom. The molecule has 4 N–H and O–H groups in total. The van der Waals surface area contributed by atoms with E-state index < -0.39 is 8.25 Å². The molecule has 0 rings (SSSR count). The summed E-state index contributed by atoms with van der Waals surface area (Å²) in [6.45, 7) is 5.04. The highest BCUT2D eigenvalue weighted by molar-refractivity contribution is 7.33. The zero-order valence-corrected chi connectivity index (χ0v) is 9.39. The summed E-state index contributed by atoms with van der Waals surface area (Å²) in [6.07, 6.45) is 0.822. The second kappa shape index (κ2) is 11.0. The molecule has 0 saturated heterocycles. The molecule has 0 aromatic carbocycles. The first-order chi connectivity index (χ1) is 6.81. The molecule has 6 nitrogen and oxygen atoms in total. The van der Waals surface area contributed by atoms with Crippen molar-refractivity contribution in [2.24, 2.45) is 5.73 Å². The molecule has 0 bridgehead atoms. The van der Waals surface area contributed by atoms with Crippen molar-refractivity contribution >= 4 is 8.25 Å². The van der Waals surface area contributed by atoms with Crippen LogP contribution in [-0.4, -0.2) is 32.8 Å². The lowest BCUT2D eigenvalue weighted by Gasteiger charge is -1.99. The van der Waals surface area contributed by atoms with E-state index in [-0.39, 0.29) is 0 Å². The summed E-state index contributed by atoms with van der Waals surface area (Å²) < 4.78 is 20.4. The van der Waals surface area contributed by atoms with Crippen molar-refractivity contribution in [3.63, 3.8) is 0 Å². The van der Waals surface area contributed by atoms with Gasteiger partial charge in [0.25, 0.3) is 0 Å². The van der Waals surface area contributed by atoms with Gasteiger partial charge in [-0.1, -0.05) is 6.92 Å². The lowest BCUT2D eigenvalue weighted by Crippen LogP contribution is -2.29. The highest BCUT2D eigenvalue weighted by Gasteiger charge is 2.19. The molecule has 1 atom stereocenters. The van der Waals surface area contributed by atoms with Gasteiger partial charge in [0, 0.05) is 30.7 Å². The topological polar surface area (TPSA) is 85.6 Å². The van der Waals surface area contributed by atoms with Crippen LogP contribution in [0.3, 0.4) is 0 Å². The Kier molecular flexibility index (Phi) is 10.9. The third-order valence-corrected chi connectivity index (χ3v) is 1.94. The van der Waals surface area contributed by atoms with Crippen molar-refractivity contribution < 1.29 is 13.7 Å². The smallest absolute Gasteiger partial charge is 0.329 e. The number of hydroxylamine groups is 1. The second-order valence-electron chi connectivity index (χ2n) is 2.58. The van der Waals surface area contributed by atoms with E-state index in [2.05, 4.69) is 10.8 Å². The number of nitrogens with one attached hydrogen (secondary N) is 2. The Balaban J connectivity index is 3.07. The van der Waals surface area contributed by atoms with Crippen LogP contribution in [0, 0.1) is 0 Å². The van der Waals surface area contributed by atoms with E-state index in [1.54, 1.807) is 0 Å². The van der Waals surface area contributed by atoms with Crippen LogP contribution in [0.15, 0.2) is 0 Å². The summed E-state index contributed by atoms with van der Waals surface area (Å²) in [5, 5.41) is 3.05. The van der Waals surface area contributed by atoms with Crippen molar-refractivity contribution in [3.05, 3.63) is 0 Å². The summed E-state index contributed by atoms with van der Waals surface area (Å²) >= 11 is 0. The standard InChI is InChI=1S/C7H19N3O3P/c1-2-7-12-14(11)13-10-6-5-9-4-3-8/h9-10H,2-8H2,1H3/q+1. The molecule has 0 fully saturated rings. The molecule has 0 aliphatic heterocycles. The largest absolute Gasteiger partial charge is 0.716 e. The summed E-state index contributed by atoms with van der Waals surface area (Å²) in [5.74, 6) is 0. The van der Waals surface area contributed by atoms with Gasteiger partial charge in [-0.2, -0.15) is 0 Å². The molecule has 0 heterocycles. The van der Waals surface area contributed by atoms with Crippen molar-refractivity contribution in [2.75, 3.05) is 32.8 Å². The van der Waals surface area contributed by atoms with Gasteiger partial charge in [-0.05, 0) is 11.0 Å². The van der Waals surface area contributed by atoms with Gasteiger partial charge in [0.1, 0.15) is 6.61 Å². The fourth-order valence-electron chi connectivity index (χ4n) is 0.657. The second-order valence-corrected chi connectivity index (χ2v) is 3.47. The zero-order valence-electron chi connectivity index (χ0n) is 8.49. The van der Waals surface area contributed by atoms with E-state index in [0.29, 0.717) is 26.2 Å². The van der Waals surface area contributed by atoms with Crippen LogP contribution in [0.5, 0.6) is 0 Å². The minimum atomic E-state index is -2.02. The fraction of sp³-hybridized carbons (Fsp3) is 1.00. The molecule has 0 aromatic heterocycles. The summed E-state index contributed by atoms with van der Waals surface area (Å²) in [7, 11) is -2.02. The van der Waals surface area contributed by atoms with Crippen LogP contribution in [0.25, 0.3) is 0 Å². The monoisotopic (exact) mass is 224 g/mol. The Hall–Kier alpha value is -0.100. The van der Waals surface area contributed by atoms with Gasteiger partial charge < -0.3 is 11.1 Å². The van der Waals surface area contributed by atoms with Crippen molar-refractivity contribution in [1.29, 1.82) is 0 Å². The van der Waals surface area contributed by atoms with E-state index >= 15 is 0 Å². The first-order valence-electron chi connectivity index (χ1n) is 4.72. The van der Waals surface area contributed by atoms with Gasteiger partial charge in [0.05, 0.1) is 0 Å². The van der Waals surface area contributed by atoms with Gasteiger partial charge in [-0.15, -0.1) is 10.0 Å². The van der Waals surface area contributed by atoms with E-state index in [0.717, 1.165) is 13.0 Å². The molecule has 14 heavy (non-hydrogen) atoms. The van der Waals surface area contributed by atoms with Gasteiger partial charge in [-0.25, -0.2) is 0 Å². The predicted molar refractivity (Wildman–Crippen MR) is 54.9 cm³/mol. The first-order valence-corrected chi connectivity index (χ1v) is 5.81. The molecule has 1 unspecified atom stereocenters. The molecule has 0 aromatic rings. The highest BCUT2D eigenvalue weighted by atomic mass is 31.1. The Bertz CT molecular complexity index is 148.